The molecule has 0 bridgehead atoms. The molecule has 4 aromatic carbocycles. The van der Waals surface area contributed by atoms with Crippen LogP contribution in [0.3, 0.4) is 0 Å². The Morgan fingerprint density at radius 2 is 0.583 bits per heavy atom. The molecule has 0 aromatic heterocycles. The van der Waals surface area contributed by atoms with Gasteiger partial charge in [0.25, 0.3) is 0 Å². The minimum Gasteiger partial charge on any atom is -0.545 e. The van der Waals surface area contributed by atoms with Crippen LogP contribution in [0.4, 0.5) is 0 Å². The SMILES string of the molecule is C[N+](C)(C)C.C[N+](C)(C)C.O=C(O)c1ccc(Sc2ccc(C(=O)O)cc2)cc1.O=C([O-])c1ccc(Sc2ccc(C(=O)[O-])cc2)cc1. The van der Waals surface area contributed by atoms with Crippen molar-refractivity contribution in [2.45, 2.75) is 19.6 Å². The van der Waals surface area contributed by atoms with Crippen molar-refractivity contribution in [1.29, 1.82) is 0 Å². The van der Waals surface area contributed by atoms with Gasteiger partial charge in [0, 0.05) is 19.6 Å². The van der Waals surface area contributed by atoms with Crippen LogP contribution in [0.25, 0.3) is 0 Å². The second kappa shape index (κ2) is 19.3. The highest BCUT2D eigenvalue weighted by Gasteiger charge is 2.05. The van der Waals surface area contributed by atoms with Crippen molar-refractivity contribution in [3.63, 3.8) is 0 Å². The molecule has 2 N–H and O–H groups in total. The molecule has 0 aliphatic heterocycles. The van der Waals surface area contributed by atoms with Crippen LogP contribution < -0.4 is 10.2 Å². The molecule has 0 aliphatic carbocycles. The smallest absolute Gasteiger partial charge is 0.335 e. The predicted octanol–water partition coefficient (Wildman–Crippen LogP) is 4.44. The molecule has 12 heteroatoms. The first-order valence-corrected chi connectivity index (χ1v) is 16.0. The third kappa shape index (κ3) is 19.1. The van der Waals surface area contributed by atoms with E-state index in [0.29, 0.717) is 0 Å². The summed E-state index contributed by atoms with van der Waals surface area (Å²) in [5.41, 5.74) is 0.726. The molecule has 0 radical (unpaired) electrons. The molecular weight excluding hydrogens is 653 g/mol. The Morgan fingerprint density at radius 1 is 0.417 bits per heavy atom. The fourth-order valence-electron chi connectivity index (χ4n) is 2.92. The third-order valence-electron chi connectivity index (χ3n) is 4.85. The van der Waals surface area contributed by atoms with Crippen molar-refractivity contribution < 1.29 is 48.6 Å². The summed E-state index contributed by atoms with van der Waals surface area (Å²) in [5, 5.41) is 38.8. The Labute approximate surface area is 290 Å². The lowest BCUT2D eigenvalue weighted by atomic mass is 10.2. The van der Waals surface area contributed by atoms with Crippen LogP contribution in [0.1, 0.15) is 41.4 Å². The number of quaternary nitrogens is 2. The van der Waals surface area contributed by atoms with Crippen LogP contribution in [0.5, 0.6) is 0 Å². The number of aromatic carboxylic acids is 4. The summed E-state index contributed by atoms with van der Waals surface area (Å²) in [6.45, 7) is 0. The minimum atomic E-state index is -1.21. The Kier molecular flexibility index (Phi) is 16.6. The molecule has 0 spiro atoms. The molecule has 48 heavy (non-hydrogen) atoms. The van der Waals surface area contributed by atoms with Crippen LogP contribution in [0, 0.1) is 0 Å². The second-order valence-electron chi connectivity index (χ2n) is 12.9. The monoisotopic (exact) mass is 694 g/mol. The molecule has 4 rings (SSSR count). The number of carboxylic acids is 4. The molecule has 256 valence electrons. The summed E-state index contributed by atoms with van der Waals surface area (Å²) < 4.78 is 2.00. The number of carbonyl (C=O) groups is 4. The van der Waals surface area contributed by atoms with Crippen molar-refractivity contribution in [2.24, 2.45) is 0 Å². The van der Waals surface area contributed by atoms with E-state index < -0.39 is 23.9 Å². The van der Waals surface area contributed by atoms with Gasteiger partial charge in [0.1, 0.15) is 0 Å². The number of carboxylic acid groups (broad SMARTS) is 4. The summed E-state index contributed by atoms with van der Waals surface area (Å²) in [6, 6.07) is 25.6. The molecule has 0 heterocycles. The molecule has 0 amide bonds. The normalized spacial score (nSPS) is 10.5. The Balaban J connectivity index is 0.000000376. The Bertz CT molecular complexity index is 1380. The summed E-state index contributed by atoms with van der Waals surface area (Å²) in [4.78, 5) is 46.1. The maximum atomic E-state index is 10.7. The van der Waals surface area contributed by atoms with Gasteiger partial charge in [-0.3, -0.25) is 0 Å². The topological polar surface area (TPSA) is 155 Å². The van der Waals surface area contributed by atoms with Gasteiger partial charge >= 0.3 is 11.9 Å². The lowest BCUT2D eigenvalue weighted by Crippen LogP contribution is -2.27. The first-order valence-electron chi connectivity index (χ1n) is 14.4. The fourth-order valence-corrected chi connectivity index (χ4v) is 4.55. The quantitative estimate of drug-likeness (QED) is 0.253. The zero-order valence-electron chi connectivity index (χ0n) is 28.3. The van der Waals surface area contributed by atoms with Gasteiger partial charge in [0.05, 0.1) is 79.4 Å². The number of nitrogens with zero attached hydrogens (tertiary/aromatic N) is 2. The van der Waals surface area contributed by atoms with E-state index in [1.165, 1.54) is 72.1 Å². The Morgan fingerprint density at radius 3 is 0.729 bits per heavy atom. The molecule has 0 saturated carbocycles. The molecule has 10 nitrogen and oxygen atoms in total. The average Bonchev–Trinajstić information content (AvgIpc) is 2.97. The zero-order chi connectivity index (χ0) is 36.7. The molecule has 0 fully saturated rings. The van der Waals surface area contributed by atoms with Gasteiger partial charge in [-0.1, -0.05) is 47.8 Å². The summed E-state index contributed by atoms with van der Waals surface area (Å²) in [6.07, 6.45) is 0. The standard InChI is InChI=1S/2C14H10O4S.2C4H12N/c2*15-13(16)9-1-5-11(6-2-9)19-12-7-3-10(4-8-12)14(17)18;2*1-5(2,3)4/h2*1-8H,(H,15,16)(H,17,18);2*1-4H3/q;;2*+1/p-2. The number of carbonyl (C=O) groups excluding carboxylic acids is 2. The molecule has 0 saturated heterocycles. The lowest BCUT2D eigenvalue weighted by molar-refractivity contribution is -0.849. The van der Waals surface area contributed by atoms with Gasteiger partial charge in [0.2, 0.25) is 0 Å². The van der Waals surface area contributed by atoms with Crippen LogP contribution in [-0.4, -0.2) is 99.4 Å². The predicted molar refractivity (Wildman–Crippen MR) is 185 cm³/mol. The summed E-state index contributed by atoms with van der Waals surface area (Å²) >= 11 is 2.84. The largest absolute Gasteiger partial charge is 0.545 e. The maximum Gasteiger partial charge on any atom is 0.335 e. The van der Waals surface area contributed by atoms with Gasteiger partial charge in [-0.15, -0.1) is 0 Å². The van der Waals surface area contributed by atoms with Crippen LogP contribution >= 0.6 is 23.5 Å². The highest BCUT2D eigenvalue weighted by molar-refractivity contribution is 7.99. The van der Waals surface area contributed by atoms with E-state index in [1.807, 2.05) is 0 Å². The van der Waals surface area contributed by atoms with E-state index in [-0.39, 0.29) is 22.3 Å². The van der Waals surface area contributed by atoms with Gasteiger partial charge in [0.15, 0.2) is 0 Å². The van der Waals surface area contributed by atoms with E-state index in [9.17, 15) is 29.4 Å². The van der Waals surface area contributed by atoms with E-state index in [1.54, 1.807) is 48.5 Å². The molecule has 0 atom stereocenters. The van der Waals surface area contributed by atoms with Gasteiger partial charge < -0.3 is 39.0 Å². The lowest BCUT2D eigenvalue weighted by Gasteiger charge is -2.14. The highest BCUT2D eigenvalue weighted by atomic mass is 32.2. The maximum absolute atomic E-state index is 10.7. The molecule has 4 aromatic rings. The molecule has 0 aliphatic rings. The van der Waals surface area contributed by atoms with E-state index in [0.717, 1.165) is 28.5 Å². The fraction of sp³-hybridized carbons (Fsp3) is 0.222. The molecular formula is C36H42N2O8S2. The van der Waals surface area contributed by atoms with E-state index in [4.69, 9.17) is 10.2 Å². The first-order chi connectivity index (χ1) is 22.1. The van der Waals surface area contributed by atoms with Crippen molar-refractivity contribution in [3.05, 3.63) is 119 Å². The number of hydrogen-bond donors (Lipinski definition) is 2. The summed E-state index contributed by atoms with van der Waals surface area (Å²) in [5.74, 6) is -4.34. The number of hydrogen-bond acceptors (Lipinski definition) is 8. The van der Waals surface area contributed by atoms with Gasteiger partial charge in [-0.05, 0) is 83.9 Å². The average molecular weight is 695 g/mol. The Hall–Kier alpha value is -4.62. The third-order valence-corrected chi connectivity index (χ3v) is 6.89. The van der Waals surface area contributed by atoms with Crippen molar-refractivity contribution >= 4 is 47.4 Å². The van der Waals surface area contributed by atoms with Crippen LogP contribution in [0.2, 0.25) is 0 Å². The highest BCUT2D eigenvalue weighted by Crippen LogP contribution is 2.29. The summed E-state index contributed by atoms with van der Waals surface area (Å²) in [7, 11) is 17.0. The first kappa shape index (κ1) is 41.4. The molecule has 0 unspecified atom stereocenters. The van der Waals surface area contributed by atoms with Crippen molar-refractivity contribution in [3.8, 4) is 0 Å². The van der Waals surface area contributed by atoms with E-state index >= 15 is 0 Å². The van der Waals surface area contributed by atoms with Gasteiger partial charge in [-0.25, -0.2) is 9.59 Å². The van der Waals surface area contributed by atoms with Crippen LogP contribution in [-0.2, 0) is 0 Å². The van der Waals surface area contributed by atoms with Crippen LogP contribution in [0.15, 0.2) is 117 Å². The van der Waals surface area contributed by atoms with E-state index in [2.05, 4.69) is 56.4 Å². The van der Waals surface area contributed by atoms with Crippen molar-refractivity contribution in [2.75, 3.05) is 56.4 Å². The van der Waals surface area contributed by atoms with Gasteiger partial charge in [-0.2, -0.15) is 0 Å². The minimum absolute atomic E-state index is 0.122. The second-order valence-corrected chi connectivity index (χ2v) is 15.1. The zero-order valence-corrected chi connectivity index (χ0v) is 29.9. The number of rotatable bonds is 8. The number of benzene rings is 4. The van der Waals surface area contributed by atoms with Crippen molar-refractivity contribution in [1.82, 2.24) is 0 Å².